The maximum Gasteiger partial charge on any atom is 0.225 e. The summed E-state index contributed by atoms with van der Waals surface area (Å²) in [6, 6.07) is 8.86. The van der Waals surface area contributed by atoms with Crippen LogP contribution < -0.4 is 10.6 Å². The van der Waals surface area contributed by atoms with Crippen molar-refractivity contribution in [2.75, 3.05) is 10.6 Å². The second kappa shape index (κ2) is 5.95. The van der Waals surface area contributed by atoms with Crippen molar-refractivity contribution in [3.8, 4) is 0 Å². The summed E-state index contributed by atoms with van der Waals surface area (Å²) in [5.74, 6) is 2.19. The molecule has 0 atom stereocenters. The molecule has 0 spiro atoms. The molecule has 1 aromatic heterocycles. The molecule has 22 heavy (non-hydrogen) atoms. The van der Waals surface area contributed by atoms with Gasteiger partial charge in [0.25, 0.3) is 0 Å². The third-order valence-corrected chi connectivity index (χ3v) is 3.65. The van der Waals surface area contributed by atoms with Gasteiger partial charge in [0.2, 0.25) is 5.95 Å². The molecule has 1 saturated carbocycles. The predicted molar refractivity (Wildman–Crippen MR) is 92.0 cm³/mol. The van der Waals surface area contributed by atoms with E-state index in [4.69, 9.17) is 0 Å². The smallest absolute Gasteiger partial charge is 0.225 e. The molecule has 0 bridgehead atoms. The van der Waals surface area contributed by atoms with Crippen LogP contribution in [0.2, 0.25) is 0 Å². The first-order valence-corrected chi connectivity index (χ1v) is 8.00. The molecule has 1 aromatic carbocycles. The minimum atomic E-state index is 0.323. The first-order valence-electron chi connectivity index (χ1n) is 8.00. The summed E-state index contributed by atoms with van der Waals surface area (Å²) in [6.07, 6.45) is 2.47. The number of hydrogen-bond donors (Lipinski definition) is 2. The van der Waals surface area contributed by atoms with Crippen molar-refractivity contribution in [2.24, 2.45) is 0 Å². The number of aryl methyl sites for hydroxylation is 2. The van der Waals surface area contributed by atoms with Gasteiger partial charge in [-0.2, -0.15) is 4.98 Å². The van der Waals surface area contributed by atoms with Crippen molar-refractivity contribution in [3.63, 3.8) is 0 Å². The molecule has 0 aliphatic heterocycles. The van der Waals surface area contributed by atoms with Gasteiger partial charge in [-0.15, -0.1) is 0 Å². The zero-order valence-electron chi connectivity index (χ0n) is 13.8. The van der Waals surface area contributed by atoms with E-state index in [1.54, 1.807) is 0 Å². The Bertz CT molecular complexity index is 655. The molecule has 1 fully saturated rings. The molecule has 0 amide bonds. The Kier molecular flexibility index (Phi) is 4.01. The SMILES string of the molecule is Cc1cc(C)cc(Nc2cc(C3CC3)nc(NC(C)C)n2)c1. The standard InChI is InChI=1S/C18H24N4/c1-11(2)19-18-21-16(14-5-6-14)10-17(22-18)20-15-8-12(3)7-13(4)9-15/h7-11,14H,5-6H2,1-4H3,(H2,19,20,21,22). The van der Waals surface area contributed by atoms with Crippen molar-refractivity contribution in [3.05, 3.63) is 41.1 Å². The summed E-state index contributed by atoms with van der Waals surface area (Å²) in [5.41, 5.74) is 4.72. The van der Waals surface area contributed by atoms with E-state index in [0.717, 1.165) is 17.2 Å². The van der Waals surface area contributed by atoms with E-state index >= 15 is 0 Å². The van der Waals surface area contributed by atoms with Crippen LogP contribution in [0, 0.1) is 13.8 Å². The Morgan fingerprint density at radius 2 is 1.68 bits per heavy atom. The van der Waals surface area contributed by atoms with Crippen molar-refractivity contribution in [2.45, 2.75) is 52.5 Å². The van der Waals surface area contributed by atoms with E-state index in [1.165, 1.54) is 24.0 Å². The number of nitrogens with zero attached hydrogens (tertiary/aromatic N) is 2. The molecule has 2 aromatic rings. The third-order valence-electron chi connectivity index (χ3n) is 3.65. The number of hydrogen-bond acceptors (Lipinski definition) is 4. The highest BCUT2D eigenvalue weighted by molar-refractivity contribution is 5.60. The predicted octanol–water partition coefficient (Wildman–Crippen LogP) is 4.53. The fourth-order valence-corrected chi connectivity index (χ4v) is 2.64. The second-order valence-electron chi connectivity index (χ2n) is 6.58. The Labute approximate surface area is 132 Å². The third kappa shape index (κ3) is 3.75. The Balaban J connectivity index is 1.89. The van der Waals surface area contributed by atoms with E-state index in [2.05, 4.69) is 72.6 Å². The molecule has 0 unspecified atom stereocenters. The maximum absolute atomic E-state index is 4.65. The van der Waals surface area contributed by atoms with Crippen molar-refractivity contribution in [1.82, 2.24) is 9.97 Å². The van der Waals surface area contributed by atoms with Crippen LogP contribution in [0.4, 0.5) is 17.5 Å². The summed E-state index contributed by atoms with van der Waals surface area (Å²) in [5, 5.41) is 6.75. The Hall–Kier alpha value is -2.10. The quantitative estimate of drug-likeness (QED) is 0.850. The lowest BCUT2D eigenvalue weighted by molar-refractivity contribution is 0.864. The number of nitrogens with one attached hydrogen (secondary N) is 2. The summed E-state index contributed by atoms with van der Waals surface area (Å²) in [4.78, 5) is 9.26. The summed E-state index contributed by atoms with van der Waals surface area (Å²) < 4.78 is 0. The average Bonchev–Trinajstić information content (AvgIpc) is 3.20. The minimum Gasteiger partial charge on any atom is -0.352 e. The molecule has 4 heteroatoms. The Morgan fingerprint density at radius 3 is 2.27 bits per heavy atom. The number of anilines is 3. The highest BCUT2D eigenvalue weighted by Crippen LogP contribution is 2.40. The molecule has 0 radical (unpaired) electrons. The first kappa shape index (κ1) is 14.8. The van der Waals surface area contributed by atoms with Gasteiger partial charge < -0.3 is 10.6 Å². The molecular formula is C18H24N4. The lowest BCUT2D eigenvalue weighted by atomic mass is 10.1. The lowest BCUT2D eigenvalue weighted by Gasteiger charge is -2.13. The monoisotopic (exact) mass is 296 g/mol. The fraction of sp³-hybridized carbons (Fsp3) is 0.444. The number of aromatic nitrogens is 2. The highest BCUT2D eigenvalue weighted by atomic mass is 15.2. The van der Waals surface area contributed by atoms with Gasteiger partial charge in [-0.05, 0) is 63.8 Å². The van der Waals surface area contributed by atoms with Crippen LogP contribution in [0.15, 0.2) is 24.3 Å². The van der Waals surface area contributed by atoms with Crippen LogP contribution in [0.3, 0.4) is 0 Å². The van der Waals surface area contributed by atoms with Crippen molar-refractivity contribution >= 4 is 17.5 Å². The van der Waals surface area contributed by atoms with E-state index in [-0.39, 0.29) is 0 Å². The molecule has 0 saturated heterocycles. The number of rotatable bonds is 5. The summed E-state index contributed by atoms with van der Waals surface area (Å²) in [7, 11) is 0. The normalized spacial score (nSPS) is 14.2. The summed E-state index contributed by atoms with van der Waals surface area (Å²) in [6.45, 7) is 8.42. The second-order valence-corrected chi connectivity index (χ2v) is 6.58. The average molecular weight is 296 g/mol. The lowest BCUT2D eigenvalue weighted by Crippen LogP contribution is -2.14. The van der Waals surface area contributed by atoms with Gasteiger partial charge in [-0.25, -0.2) is 4.98 Å². The molecule has 116 valence electrons. The van der Waals surface area contributed by atoms with Crippen LogP contribution >= 0.6 is 0 Å². The Morgan fingerprint density at radius 1 is 1.00 bits per heavy atom. The summed E-state index contributed by atoms with van der Waals surface area (Å²) >= 11 is 0. The van der Waals surface area contributed by atoms with Crippen molar-refractivity contribution < 1.29 is 0 Å². The highest BCUT2D eigenvalue weighted by Gasteiger charge is 2.26. The van der Waals surface area contributed by atoms with Gasteiger partial charge in [0, 0.05) is 23.7 Å². The van der Waals surface area contributed by atoms with E-state index < -0.39 is 0 Å². The molecule has 1 aliphatic rings. The van der Waals surface area contributed by atoms with E-state index in [0.29, 0.717) is 17.9 Å². The van der Waals surface area contributed by atoms with Gasteiger partial charge >= 0.3 is 0 Å². The van der Waals surface area contributed by atoms with Gasteiger partial charge in [0.05, 0.1) is 5.69 Å². The van der Waals surface area contributed by atoms with E-state index in [9.17, 15) is 0 Å². The van der Waals surface area contributed by atoms with Crippen LogP contribution in [0.5, 0.6) is 0 Å². The largest absolute Gasteiger partial charge is 0.352 e. The molecule has 1 aliphatic carbocycles. The zero-order chi connectivity index (χ0) is 15.7. The fourth-order valence-electron chi connectivity index (χ4n) is 2.64. The topological polar surface area (TPSA) is 49.8 Å². The first-order chi connectivity index (χ1) is 10.5. The van der Waals surface area contributed by atoms with E-state index in [1.807, 2.05) is 0 Å². The molecule has 4 nitrogen and oxygen atoms in total. The maximum atomic E-state index is 4.65. The van der Waals surface area contributed by atoms with Crippen LogP contribution in [-0.4, -0.2) is 16.0 Å². The van der Waals surface area contributed by atoms with Gasteiger partial charge in [-0.3, -0.25) is 0 Å². The molecule has 3 rings (SSSR count). The van der Waals surface area contributed by atoms with Crippen molar-refractivity contribution in [1.29, 1.82) is 0 Å². The molecule has 2 N–H and O–H groups in total. The van der Waals surface area contributed by atoms with Crippen LogP contribution in [0.1, 0.15) is 49.4 Å². The number of benzene rings is 1. The van der Waals surface area contributed by atoms with Gasteiger partial charge in [0.15, 0.2) is 0 Å². The van der Waals surface area contributed by atoms with Crippen LogP contribution in [0.25, 0.3) is 0 Å². The zero-order valence-corrected chi connectivity index (χ0v) is 13.8. The van der Waals surface area contributed by atoms with Crippen LogP contribution in [-0.2, 0) is 0 Å². The minimum absolute atomic E-state index is 0.323. The molecular weight excluding hydrogens is 272 g/mol. The molecule has 1 heterocycles. The van der Waals surface area contributed by atoms with Gasteiger partial charge in [0.1, 0.15) is 5.82 Å². The van der Waals surface area contributed by atoms with Gasteiger partial charge in [-0.1, -0.05) is 6.07 Å².